The van der Waals surface area contributed by atoms with Crippen LogP contribution in [0.4, 0.5) is 0 Å². The SMILES string of the molecule is CC(c1ccccc1)[C@@H](C(=O)O)n1ccc(OCc2ccccc2)cc1=O. The van der Waals surface area contributed by atoms with E-state index in [9.17, 15) is 14.7 Å². The molecule has 5 heteroatoms. The highest BCUT2D eigenvalue weighted by atomic mass is 16.5. The van der Waals surface area contributed by atoms with Crippen molar-refractivity contribution in [2.24, 2.45) is 0 Å². The number of ether oxygens (including phenoxy) is 1. The summed E-state index contributed by atoms with van der Waals surface area (Å²) in [6.07, 6.45) is 1.49. The summed E-state index contributed by atoms with van der Waals surface area (Å²) in [4.78, 5) is 24.4. The van der Waals surface area contributed by atoms with Crippen molar-refractivity contribution in [1.82, 2.24) is 4.57 Å². The van der Waals surface area contributed by atoms with E-state index in [1.165, 1.54) is 16.8 Å². The van der Waals surface area contributed by atoms with Crippen LogP contribution in [0.25, 0.3) is 0 Å². The molecule has 5 nitrogen and oxygen atoms in total. The second kappa shape index (κ2) is 8.36. The summed E-state index contributed by atoms with van der Waals surface area (Å²) in [5.74, 6) is -1.000. The summed E-state index contributed by atoms with van der Waals surface area (Å²) in [6, 6.07) is 20.9. The van der Waals surface area contributed by atoms with E-state index in [4.69, 9.17) is 4.74 Å². The number of pyridine rings is 1. The first-order valence-electron chi connectivity index (χ1n) is 8.73. The Labute approximate surface area is 157 Å². The first-order valence-corrected chi connectivity index (χ1v) is 8.73. The van der Waals surface area contributed by atoms with Crippen LogP contribution >= 0.6 is 0 Å². The fourth-order valence-corrected chi connectivity index (χ4v) is 3.04. The molecule has 0 aliphatic rings. The molecule has 0 saturated carbocycles. The van der Waals surface area contributed by atoms with Gasteiger partial charge in [0.05, 0.1) is 0 Å². The fraction of sp³-hybridized carbons (Fsp3) is 0.182. The van der Waals surface area contributed by atoms with Crippen molar-refractivity contribution in [2.75, 3.05) is 0 Å². The first kappa shape index (κ1) is 18.5. The molecular formula is C22H21NO4. The third kappa shape index (κ3) is 4.44. The number of nitrogens with zero attached hydrogens (tertiary/aromatic N) is 1. The molecular weight excluding hydrogens is 342 g/mol. The Morgan fingerprint density at radius 1 is 1.04 bits per heavy atom. The number of hydrogen-bond donors (Lipinski definition) is 1. The summed E-state index contributed by atoms with van der Waals surface area (Å²) in [6.45, 7) is 2.15. The average Bonchev–Trinajstić information content (AvgIpc) is 2.69. The predicted molar refractivity (Wildman–Crippen MR) is 103 cm³/mol. The number of aliphatic carboxylic acids is 1. The van der Waals surface area contributed by atoms with Crippen LogP contribution in [0.15, 0.2) is 83.8 Å². The second-order valence-electron chi connectivity index (χ2n) is 6.36. The summed E-state index contributed by atoms with van der Waals surface area (Å²) < 4.78 is 6.90. The topological polar surface area (TPSA) is 68.5 Å². The molecule has 0 spiro atoms. The van der Waals surface area contributed by atoms with Crippen molar-refractivity contribution in [3.05, 3.63) is 100 Å². The number of carboxylic acid groups (broad SMARTS) is 1. The van der Waals surface area contributed by atoms with Crippen LogP contribution in [0.1, 0.15) is 30.0 Å². The van der Waals surface area contributed by atoms with E-state index in [-0.39, 0.29) is 5.92 Å². The molecule has 1 aromatic heterocycles. The van der Waals surface area contributed by atoms with Gasteiger partial charge >= 0.3 is 5.97 Å². The monoisotopic (exact) mass is 363 g/mol. The van der Waals surface area contributed by atoms with Gasteiger partial charge in [0.2, 0.25) is 0 Å². The molecule has 0 fully saturated rings. The molecule has 3 rings (SSSR count). The number of aromatic nitrogens is 1. The third-order valence-corrected chi connectivity index (χ3v) is 4.52. The van der Waals surface area contributed by atoms with E-state index in [1.807, 2.05) is 60.7 Å². The smallest absolute Gasteiger partial charge is 0.327 e. The van der Waals surface area contributed by atoms with Crippen LogP contribution < -0.4 is 10.3 Å². The maximum atomic E-state index is 12.6. The lowest BCUT2D eigenvalue weighted by Gasteiger charge is -2.23. The number of carboxylic acids is 1. The van der Waals surface area contributed by atoms with E-state index >= 15 is 0 Å². The zero-order valence-electron chi connectivity index (χ0n) is 15.0. The molecule has 0 radical (unpaired) electrons. The molecule has 0 aliphatic carbocycles. The van der Waals surface area contributed by atoms with Gasteiger partial charge in [-0.1, -0.05) is 67.6 Å². The Morgan fingerprint density at radius 3 is 2.26 bits per heavy atom. The summed E-state index contributed by atoms with van der Waals surface area (Å²) in [7, 11) is 0. The number of carbonyl (C=O) groups is 1. The van der Waals surface area contributed by atoms with Crippen LogP contribution in [0.5, 0.6) is 5.75 Å². The molecule has 2 atom stereocenters. The minimum absolute atomic E-state index is 0.340. The fourth-order valence-electron chi connectivity index (χ4n) is 3.04. The molecule has 2 aromatic carbocycles. The van der Waals surface area contributed by atoms with Gasteiger partial charge in [0.25, 0.3) is 5.56 Å². The lowest BCUT2D eigenvalue weighted by atomic mass is 9.93. The van der Waals surface area contributed by atoms with Gasteiger partial charge in [-0.05, 0) is 17.2 Å². The zero-order valence-corrected chi connectivity index (χ0v) is 15.0. The van der Waals surface area contributed by atoms with E-state index in [2.05, 4.69) is 0 Å². The maximum absolute atomic E-state index is 12.6. The molecule has 0 saturated heterocycles. The summed E-state index contributed by atoms with van der Waals surface area (Å²) >= 11 is 0. The first-order chi connectivity index (χ1) is 13.1. The van der Waals surface area contributed by atoms with Crippen LogP contribution in [0.3, 0.4) is 0 Å². The van der Waals surface area contributed by atoms with E-state index in [0.29, 0.717) is 12.4 Å². The van der Waals surface area contributed by atoms with E-state index in [1.54, 1.807) is 13.0 Å². The lowest BCUT2D eigenvalue weighted by molar-refractivity contribution is -0.141. The standard InChI is InChI=1S/C22H21NO4/c1-16(18-10-6-3-7-11-18)21(22(25)26)23-13-12-19(14-20(23)24)27-15-17-8-4-2-5-9-17/h2-14,16,21H,15H2,1H3,(H,25,26)/t16?,21-/m0/s1. The molecule has 0 aliphatic heterocycles. The lowest BCUT2D eigenvalue weighted by Crippen LogP contribution is -2.32. The van der Waals surface area contributed by atoms with Crippen molar-refractivity contribution < 1.29 is 14.6 Å². The molecule has 27 heavy (non-hydrogen) atoms. The van der Waals surface area contributed by atoms with Crippen molar-refractivity contribution >= 4 is 5.97 Å². The maximum Gasteiger partial charge on any atom is 0.327 e. The molecule has 0 bridgehead atoms. The van der Waals surface area contributed by atoms with Gasteiger partial charge in [0.15, 0.2) is 0 Å². The van der Waals surface area contributed by atoms with Crippen LogP contribution in [0.2, 0.25) is 0 Å². The van der Waals surface area contributed by atoms with E-state index in [0.717, 1.165) is 11.1 Å². The van der Waals surface area contributed by atoms with Gasteiger partial charge in [-0.15, -0.1) is 0 Å². The Bertz CT molecular complexity index is 951. The van der Waals surface area contributed by atoms with Gasteiger partial charge in [0, 0.05) is 18.2 Å². The Morgan fingerprint density at radius 2 is 1.67 bits per heavy atom. The predicted octanol–water partition coefficient (Wildman–Crippen LogP) is 3.86. The normalized spacial score (nSPS) is 12.9. The van der Waals surface area contributed by atoms with Gasteiger partial charge in [-0.3, -0.25) is 4.79 Å². The van der Waals surface area contributed by atoms with Gasteiger partial charge in [0.1, 0.15) is 18.4 Å². The van der Waals surface area contributed by atoms with Gasteiger partial charge in [-0.25, -0.2) is 4.79 Å². The van der Waals surface area contributed by atoms with Crippen molar-refractivity contribution in [1.29, 1.82) is 0 Å². The van der Waals surface area contributed by atoms with Crippen molar-refractivity contribution in [2.45, 2.75) is 25.5 Å². The Hall–Kier alpha value is -3.34. The second-order valence-corrected chi connectivity index (χ2v) is 6.36. The molecule has 3 aromatic rings. The number of rotatable bonds is 7. The highest BCUT2D eigenvalue weighted by molar-refractivity contribution is 5.73. The van der Waals surface area contributed by atoms with Gasteiger partial charge < -0.3 is 14.4 Å². The molecule has 0 amide bonds. The zero-order chi connectivity index (χ0) is 19.2. The molecule has 1 heterocycles. The summed E-state index contributed by atoms with van der Waals surface area (Å²) in [5.41, 5.74) is 1.44. The van der Waals surface area contributed by atoms with Crippen LogP contribution in [-0.2, 0) is 11.4 Å². The Balaban J connectivity index is 1.82. The van der Waals surface area contributed by atoms with E-state index < -0.39 is 17.6 Å². The van der Waals surface area contributed by atoms with Gasteiger partial charge in [-0.2, -0.15) is 0 Å². The Kier molecular flexibility index (Phi) is 5.71. The highest BCUT2D eigenvalue weighted by Crippen LogP contribution is 2.28. The molecule has 1 unspecified atom stereocenters. The molecule has 138 valence electrons. The average molecular weight is 363 g/mol. The third-order valence-electron chi connectivity index (χ3n) is 4.52. The molecule has 1 N–H and O–H groups in total. The van der Waals surface area contributed by atoms with Crippen molar-refractivity contribution in [3.63, 3.8) is 0 Å². The largest absolute Gasteiger partial charge is 0.489 e. The minimum Gasteiger partial charge on any atom is -0.489 e. The van der Waals surface area contributed by atoms with Crippen LogP contribution in [0, 0.1) is 0 Å². The van der Waals surface area contributed by atoms with Crippen LogP contribution in [-0.4, -0.2) is 15.6 Å². The highest BCUT2D eigenvalue weighted by Gasteiger charge is 2.28. The number of benzene rings is 2. The van der Waals surface area contributed by atoms with Crippen molar-refractivity contribution in [3.8, 4) is 5.75 Å². The summed E-state index contributed by atoms with van der Waals surface area (Å²) in [5, 5.41) is 9.71. The number of hydrogen-bond acceptors (Lipinski definition) is 3. The quantitative estimate of drug-likeness (QED) is 0.692. The minimum atomic E-state index is -1.05.